The van der Waals surface area contributed by atoms with E-state index in [4.69, 9.17) is 12.2 Å². The van der Waals surface area contributed by atoms with Gasteiger partial charge < -0.3 is 4.98 Å². The Morgan fingerprint density at radius 3 is 2.61 bits per heavy atom. The average molecular weight is 256 g/mol. The molecule has 1 aromatic heterocycles. The zero-order valence-corrected chi connectivity index (χ0v) is 11.5. The molecule has 2 aromatic rings. The Morgan fingerprint density at radius 2 is 1.94 bits per heavy atom. The van der Waals surface area contributed by atoms with Crippen molar-refractivity contribution in [2.24, 2.45) is 0 Å². The fourth-order valence-corrected chi connectivity index (χ4v) is 2.42. The number of nitrogens with zero attached hydrogens (tertiary/aromatic N) is 1. The molecule has 1 aliphatic carbocycles. The Balaban J connectivity index is 2.22. The fourth-order valence-electron chi connectivity index (χ4n) is 2.22. The lowest BCUT2D eigenvalue weighted by Crippen LogP contribution is -2.00. The van der Waals surface area contributed by atoms with Crippen molar-refractivity contribution in [3.8, 4) is 11.3 Å². The van der Waals surface area contributed by atoms with E-state index in [9.17, 15) is 0 Å². The monoisotopic (exact) mass is 256 g/mol. The van der Waals surface area contributed by atoms with Crippen molar-refractivity contribution in [1.29, 1.82) is 0 Å². The molecule has 3 rings (SSSR count). The van der Waals surface area contributed by atoms with Crippen molar-refractivity contribution in [1.82, 2.24) is 9.97 Å². The first kappa shape index (κ1) is 11.6. The molecule has 0 saturated heterocycles. The van der Waals surface area contributed by atoms with E-state index in [1.807, 2.05) is 6.92 Å². The van der Waals surface area contributed by atoms with Crippen LogP contribution in [-0.2, 0) is 0 Å². The summed E-state index contributed by atoms with van der Waals surface area (Å²) in [7, 11) is 0. The number of hydrogen-bond donors (Lipinski definition) is 1. The van der Waals surface area contributed by atoms with Gasteiger partial charge in [0.15, 0.2) is 0 Å². The van der Waals surface area contributed by atoms with Gasteiger partial charge in [-0.1, -0.05) is 36.5 Å². The fraction of sp³-hybridized carbons (Fsp3) is 0.333. The van der Waals surface area contributed by atoms with Gasteiger partial charge in [0.1, 0.15) is 10.5 Å². The van der Waals surface area contributed by atoms with E-state index < -0.39 is 0 Å². The van der Waals surface area contributed by atoms with Gasteiger partial charge >= 0.3 is 0 Å². The van der Waals surface area contributed by atoms with Crippen LogP contribution in [0.2, 0.25) is 0 Å². The molecule has 0 aliphatic heterocycles. The number of benzene rings is 1. The van der Waals surface area contributed by atoms with Crippen LogP contribution in [0.5, 0.6) is 0 Å². The molecule has 1 heterocycles. The van der Waals surface area contributed by atoms with Crippen LogP contribution in [-0.4, -0.2) is 9.97 Å². The molecule has 1 saturated carbocycles. The lowest BCUT2D eigenvalue weighted by Gasteiger charge is -2.11. The third-order valence-electron chi connectivity index (χ3n) is 3.55. The Kier molecular flexibility index (Phi) is 2.78. The Morgan fingerprint density at radius 1 is 1.22 bits per heavy atom. The van der Waals surface area contributed by atoms with Crippen molar-refractivity contribution in [3.63, 3.8) is 0 Å². The molecule has 1 aromatic carbocycles. The molecule has 0 radical (unpaired) electrons. The topological polar surface area (TPSA) is 28.7 Å². The van der Waals surface area contributed by atoms with Gasteiger partial charge in [0.25, 0.3) is 0 Å². The summed E-state index contributed by atoms with van der Waals surface area (Å²) in [6.45, 7) is 4.17. The molecule has 92 valence electrons. The van der Waals surface area contributed by atoms with E-state index in [-0.39, 0.29) is 0 Å². The first-order valence-corrected chi connectivity index (χ1v) is 6.74. The maximum absolute atomic E-state index is 5.39. The first-order chi connectivity index (χ1) is 8.66. The molecule has 1 aliphatic rings. The summed E-state index contributed by atoms with van der Waals surface area (Å²) in [6, 6.07) is 8.39. The molecule has 0 spiro atoms. The molecule has 0 atom stereocenters. The minimum atomic E-state index is 0.593. The molecule has 3 heteroatoms. The van der Waals surface area contributed by atoms with Gasteiger partial charge in [0.05, 0.1) is 5.69 Å². The van der Waals surface area contributed by atoms with Crippen LogP contribution in [0.3, 0.4) is 0 Å². The molecular formula is C15H16N2S. The minimum absolute atomic E-state index is 0.593. The Hall–Kier alpha value is -1.48. The summed E-state index contributed by atoms with van der Waals surface area (Å²) >= 11 is 5.39. The van der Waals surface area contributed by atoms with Crippen LogP contribution in [0.4, 0.5) is 0 Å². The first-order valence-electron chi connectivity index (χ1n) is 6.33. The average Bonchev–Trinajstić information content (AvgIpc) is 3.18. The van der Waals surface area contributed by atoms with Gasteiger partial charge in [-0.2, -0.15) is 0 Å². The largest absolute Gasteiger partial charge is 0.343 e. The highest BCUT2D eigenvalue weighted by atomic mass is 32.1. The summed E-state index contributed by atoms with van der Waals surface area (Å²) in [6.07, 6.45) is 2.46. The van der Waals surface area contributed by atoms with Gasteiger partial charge in [0, 0.05) is 17.0 Å². The highest BCUT2D eigenvalue weighted by Crippen LogP contribution is 2.39. The Bertz CT molecular complexity index is 654. The van der Waals surface area contributed by atoms with Crippen LogP contribution in [0.15, 0.2) is 24.3 Å². The number of H-pyrrole nitrogens is 1. The molecule has 1 N–H and O–H groups in total. The summed E-state index contributed by atoms with van der Waals surface area (Å²) < 4.78 is 0.730. The van der Waals surface area contributed by atoms with Crippen molar-refractivity contribution in [2.75, 3.05) is 0 Å². The highest BCUT2D eigenvalue weighted by Gasteiger charge is 2.26. The van der Waals surface area contributed by atoms with Gasteiger partial charge in [0.2, 0.25) is 0 Å². The van der Waals surface area contributed by atoms with Crippen LogP contribution in [0.1, 0.15) is 35.7 Å². The van der Waals surface area contributed by atoms with Crippen LogP contribution < -0.4 is 0 Å². The van der Waals surface area contributed by atoms with Crippen molar-refractivity contribution in [3.05, 3.63) is 45.9 Å². The van der Waals surface area contributed by atoms with Crippen molar-refractivity contribution >= 4 is 12.2 Å². The zero-order valence-electron chi connectivity index (χ0n) is 10.7. The summed E-state index contributed by atoms with van der Waals surface area (Å²) in [5.74, 6) is 1.65. The van der Waals surface area contributed by atoms with E-state index >= 15 is 0 Å². The third-order valence-corrected chi connectivity index (χ3v) is 3.95. The van der Waals surface area contributed by atoms with E-state index in [0.717, 1.165) is 21.7 Å². The smallest absolute Gasteiger partial charge is 0.133 e. The second-order valence-electron chi connectivity index (χ2n) is 5.02. The lowest BCUT2D eigenvalue weighted by atomic mass is 10.0. The lowest BCUT2D eigenvalue weighted by molar-refractivity contribution is 0.913. The van der Waals surface area contributed by atoms with Crippen LogP contribution in [0.25, 0.3) is 11.3 Å². The summed E-state index contributed by atoms with van der Waals surface area (Å²) in [5, 5.41) is 0. The number of rotatable bonds is 2. The predicted molar refractivity (Wildman–Crippen MR) is 76.3 cm³/mol. The normalized spacial score (nSPS) is 14.8. The van der Waals surface area contributed by atoms with Crippen molar-refractivity contribution < 1.29 is 0 Å². The highest BCUT2D eigenvalue weighted by molar-refractivity contribution is 7.71. The van der Waals surface area contributed by atoms with Gasteiger partial charge in [-0.25, -0.2) is 4.98 Å². The summed E-state index contributed by atoms with van der Waals surface area (Å²) in [4.78, 5) is 8.00. The number of aryl methyl sites for hydroxylation is 1. The van der Waals surface area contributed by atoms with Crippen molar-refractivity contribution in [2.45, 2.75) is 32.6 Å². The molecule has 1 fully saturated rings. The van der Waals surface area contributed by atoms with E-state index in [2.05, 4.69) is 41.2 Å². The molecular weight excluding hydrogens is 240 g/mol. The molecule has 2 nitrogen and oxygen atoms in total. The number of aromatic nitrogens is 2. The summed E-state index contributed by atoms with van der Waals surface area (Å²) in [5.41, 5.74) is 4.70. The van der Waals surface area contributed by atoms with E-state index in [0.29, 0.717) is 5.92 Å². The van der Waals surface area contributed by atoms with Gasteiger partial charge in [-0.15, -0.1) is 0 Å². The minimum Gasteiger partial charge on any atom is -0.343 e. The molecule has 0 unspecified atom stereocenters. The number of hydrogen-bond acceptors (Lipinski definition) is 2. The van der Waals surface area contributed by atoms with E-state index in [1.54, 1.807) is 0 Å². The van der Waals surface area contributed by atoms with E-state index in [1.165, 1.54) is 24.0 Å². The third kappa shape index (κ3) is 1.99. The number of nitrogens with one attached hydrogen (secondary N) is 1. The Labute approximate surface area is 112 Å². The number of aromatic amines is 1. The van der Waals surface area contributed by atoms with Gasteiger partial charge in [-0.3, -0.25) is 0 Å². The quantitative estimate of drug-likeness (QED) is 0.811. The standard InChI is InChI=1S/C15H16N2S/c1-9-5-3-4-6-12(9)13-10(2)15(18)17-14(16-13)11-7-8-11/h3-6,11H,7-8H2,1-2H3,(H,16,17,18). The molecule has 18 heavy (non-hydrogen) atoms. The maximum Gasteiger partial charge on any atom is 0.133 e. The second kappa shape index (κ2) is 4.32. The molecule has 0 bridgehead atoms. The zero-order chi connectivity index (χ0) is 12.7. The maximum atomic E-state index is 5.39. The van der Waals surface area contributed by atoms with Gasteiger partial charge in [-0.05, 0) is 32.3 Å². The second-order valence-corrected chi connectivity index (χ2v) is 5.40. The molecule has 0 amide bonds. The van der Waals surface area contributed by atoms with Crippen LogP contribution >= 0.6 is 12.2 Å². The predicted octanol–water partition coefficient (Wildman–Crippen LogP) is 4.30. The SMILES string of the molecule is Cc1ccccc1-c1[nH]c(C2CC2)nc(=S)c1C. The van der Waals surface area contributed by atoms with Crippen LogP contribution in [0, 0.1) is 18.5 Å².